The predicted molar refractivity (Wildman–Crippen MR) is 67.1 cm³/mol. The Balaban J connectivity index is 2.62. The Labute approximate surface area is 103 Å². The minimum Gasteiger partial charge on any atom is -0.294 e. The number of carbonyl (C=O) groups excluding carboxylic acids is 1. The van der Waals surface area contributed by atoms with Crippen molar-refractivity contribution >= 4 is 17.4 Å². The average Bonchev–Trinajstić information content (AvgIpc) is 2.29. The summed E-state index contributed by atoms with van der Waals surface area (Å²) in [4.78, 5) is 23.0. The Kier molecular flexibility index (Phi) is 3.11. The molecule has 2 aromatic rings. The van der Waals surface area contributed by atoms with Gasteiger partial charge in [-0.1, -0.05) is 17.7 Å². The first-order chi connectivity index (χ1) is 8.08. The molecule has 0 saturated heterocycles. The van der Waals surface area contributed by atoms with Crippen LogP contribution in [0.1, 0.15) is 17.3 Å². The van der Waals surface area contributed by atoms with Crippen LogP contribution >= 0.6 is 11.6 Å². The molecular weight excluding hydrogens is 238 g/mol. The van der Waals surface area contributed by atoms with Gasteiger partial charge >= 0.3 is 0 Å². The molecule has 0 bridgehead atoms. The topological polar surface area (TPSA) is 39.1 Å². The van der Waals surface area contributed by atoms with Crippen molar-refractivity contribution < 1.29 is 4.79 Å². The van der Waals surface area contributed by atoms with Crippen LogP contribution in [0.2, 0.25) is 5.02 Å². The van der Waals surface area contributed by atoms with Crippen LogP contribution in [0, 0.1) is 0 Å². The zero-order valence-electron chi connectivity index (χ0n) is 9.18. The lowest BCUT2D eigenvalue weighted by Gasteiger charge is -2.07. The molecule has 0 aliphatic carbocycles. The van der Waals surface area contributed by atoms with Gasteiger partial charge in [-0.05, 0) is 31.2 Å². The summed E-state index contributed by atoms with van der Waals surface area (Å²) >= 11 is 5.87. The molecule has 0 atom stereocenters. The number of rotatable bonds is 2. The monoisotopic (exact) mass is 247 g/mol. The van der Waals surface area contributed by atoms with Crippen LogP contribution in [0.3, 0.4) is 0 Å². The number of hydrogen-bond donors (Lipinski definition) is 0. The Morgan fingerprint density at radius 3 is 2.65 bits per heavy atom. The lowest BCUT2D eigenvalue weighted by Crippen LogP contribution is -2.17. The molecule has 0 spiro atoms. The van der Waals surface area contributed by atoms with Crippen LogP contribution in [-0.2, 0) is 0 Å². The highest BCUT2D eigenvalue weighted by Gasteiger charge is 2.04. The Morgan fingerprint density at radius 2 is 2.00 bits per heavy atom. The van der Waals surface area contributed by atoms with Gasteiger partial charge in [-0.2, -0.15) is 0 Å². The SMILES string of the molecule is CC(=O)c1ccc(=O)n(-c2cccc(Cl)c2)c1. The van der Waals surface area contributed by atoms with Crippen LogP contribution in [0.25, 0.3) is 5.69 Å². The molecule has 0 amide bonds. The van der Waals surface area contributed by atoms with Gasteiger partial charge in [-0.3, -0.25) is 14.2 Å². The van der Waals surface area contributed by atoms with Crippen LogP contribution < -0.4 is 5.56 Å². The number of halogens is 1. The molecule has 1 aromatic carbocycles. The molecule has 1 heterocycles. The number of Topliss-reactive ketones (excluding diaryl/α,β-unsaturated/α-hetero) is 1. The van der Waals surface area contributed by atoms with Crippen molar-refractivity contribution in [1.29, 1.82) is 0 Å². The van der Waals surface area contributed by atoms with Crippen LogP contribution in [0.5, 0.6) is 0 Å². The van der Waals surface area contributed by atoms with Crippen LogP contribution in [-0.4, -0.2) is 10.4 Å². The third-order valence-electron chi connectivity index (χ3n) is 2.40. The summed E-state index contributed by atoms with van der Waals surface area (Å²) in [6, 6.07) is 9.81. The first-order valence-electron chi connectivity index (χ1n) is 5.07. The molecule has 1 aromatic heterocycles. The Bertz CT molecular complexity index is 631. The largest absolute Gasteiger partial charge is 0.294 e. The molecule has 2 rings (SSSR count). The van der Waals surface area contributed by atoms with Gasteiger partial charge in [0.15, 0.2) is 5.78 Å². The fraction of sp³-hybridized carbons (Fsp3) is 0.0769. The quantitative estimate of drug-likeness (QED) is 0.766. The van der Waals surface area contributed by atoms with Gasteiger partial charge in [0.25, 0.3) is 5.56 Å². The predicted octanol–water partition coefficient (Wildman–Crippen LogP) is 2.69. The molecule has 0 N–H and O–H groups in total. The van der Waals surface area contributed by atoms with E-state index in [1.165, 1.54) is 29.8 Å². The highest BCUT2D eigenvalue weighted by Crippen LogP contribution is 2.13. The third kappa shape index (κ3) is 2.45. The number of ketones is 1. The van der Waals surface area contributed by atoms with E-state index in [1.54, 1.807) is 24.3 Å². The molecule has 0 saturated carbocycles. The van der Waals surface area contributed by atoms with Crippen LogP contribution in [0.4, 0.5) is 0 Å². The standard InChI is InChI=1S/C13H10ClNO2/c1-9(16)10-5-6-13(17)15(8-10)12-4-2-3-11(14)7-12/h2-8H,1H3. The zero-order valence-corrected chi connectivity index (χ0v) is 9.94. The van der Waals surface area contributed by atoms with Gasteiger partial charge in [0.05, 0.1) is 5.69 Å². The maximum absolute atomic E-state index is 11.7. The highest BCUT2D eigenvalue weighted by atomic mass is 35.5. The van der Waals surface area contributed by atoms with Gasteiger partial charge in [-0.25, -0.2) is 0 Å². The molecule has 0 fully saturated rings. The van der Waals surface area contributed by atoms with Gasteiger partial charge in [0.1, 0.15) is 0 Å². The lowest BCUT2D eigenvalue weighted by atomic mass is 10.2. The first-order valence-corrected chi connectivity index (χ1v) is 5.45. The molecule has 17 heavy (non-hydrogen) atoms. The van der Waals surface area contributed by atoms with Gasteiger partial charge in [0.2, 0.25) is 0 Å². The number of hydrogen-bond acceptors (Lipinski definition) is 2. The summed E-state index contributed by atoms with van der Waals surface area (Å²) in [5.41, 5.74) is 0.937. The molecule has 0 aliphatic heterocycles. The van der Waals surface area contributed by atoms with Crippen molar-refractivity contribution in [2.24, 2.45) is 0 Å². The molecular formula is C13H10ClNO2. The molecule has 0 aliphatic rings. The minimum atomic E-state index is -0.197. The average molecular weight is 248 g/mol. The van der Waals surface area contributed by atoms with E-state index in [9.17, 15) is 9.59 Å². The Morgan fingerprint density at radius 1 is 1.24 bits per heavy atom. The van der Waals surface area contributed by atoms with E-state index in [2.05, 4.69) is 0 Å². The second-order valence-corrected chi connectivity index (χ2v) is 4.10. The van der Waals surface area contributed by atoms with Crippen molar-refractivity contribution in [1.82, 2.24) is 4.57 Å². The van der Waals surface area contributed by atoms with Crippen molar-refractivity contribution in [3.63, 3.8) is 0 Å². The van der Waals surface area contributed by atoms with Crippen molar-refractivity contribution in [3.05, 3.63) is 63.5 Å². The first kappa shape index (κ1) is 11.6. The third-order valence-corrected chi connectivity index (χ3v) is 2.64. The van der Waals surface area contributed by atoms with Gasteiger partial charge in [0, 0.05) is 22.8 Å². The number of pyridine rings is 1. The summed E-state index contributed by atoms with van der Waals surface area (Å²) in [5, 5.41) is 0.544. The second kappa shape index (κ2) is 4.55. The minimum absolute atomic E-state index is 0.0826. The van der Waals surface area contributed by atoms with Gasteiger partial charge < -0.3 is 0 Å². The molecule has 0 unspecified atom stereocenters. The van der Waals surface area contributed by atoms with Crippen LogP contribution in [0.15, 0.2) is 47.4 Å². The molecule has 3 nitrogen and oxygen atoms in total. The van der Waals surface area contributed by atoms with E-state index in [4.69, 9.17) is 11.6 Å². The Hall–Kier alpha value is -1.87. The van der Waals surface area contributed by atoms with E-state index < -0.39 is 0 Å². The number of nitrogens with zero attached hydrogens (tertiary/aromatic N) is 1. The van der Waals surface area contributed by atoms with E-state index in [-0.39, 0.29) is 11.3 Å². The lowest BCUT2D eigenvalue weighted by molar-refractivity contribution is 0.101. The fourth-order valence-electron chi connectivity index (χ4n) is 1.52. The second-order valence-electron chi connectivity index (χ2n) is 3.66. The zero-order chi connectivity index (χ0) is 12.4. The summed E-state index contributed by atoms with van der Waals surface area (Å²) in [6.07, 6.45) is 1.52. The van der Waals surface area contributed by atoms with E-state index in [1.807, 2.05) is 0 Å². The summed E-state index contributed by atoms with van der Waals surface area (Å²) in [7, 11) is 0. The van der Waals surface area contributed by atoms with E-state index >= 15 is 0 Å². The molecule has 4 heteroatoms. The maximum Gasteiger partial charge on any atom is 0.255 e. The number of carbonyl (C=O) groups is 1. The number of benzene rings is 1. The smallest absolute Gasteiger partial charge is 0.255 e. The van der Waals surface area contributed by atoms with Crippen molar-refractivity contribution in [2.45, 2.75) is 6.92 Å². The van der Waals surface area contributed by atoms with Gasteiger partial charge in [-0.15, -0.1) is 0 Å². The maximum atomic E-state index is 11.7. The van der Waals surface area contributed by atoms with Crippen molar-refractivity contribution in [2.75, 3.05) is 0 Å². The van der Waals surface area contributed by atoms with E-state index in [0.717, 1.165) is 0 Å². The highest BCUT2D eigenvalue weighted by molar-refractivity contribution is 6.30. The normalized spacial score (nSPS) is 10.2. The van der Waals surface area contributed by atoms with E-state index in [0.29, 0.717) is 16.3 Å². The number of aromatic nitrogens is 1. The molecule has 86 valence electrons. The fourth-order valence-corrected chi connectivity index (χ4v) is 1.71. The summed E-state index contributed by atoms with van der Waals surface area (Å²) < 4.78 is 1.41. The molecule has 0 radical (unpaired) electrons. The summed E-state index contributed by atoms with van der Waals surface area (Å²) in [6.45, 7) is 1.46. The summed E-state index contributed by atoms with van der Waals surface area (Å²) in [5.74, 6) is -0.0826. The van der Waals surface area contributed by atoms with Crippen molar-refractivity contribution in [3.8, 4) is 5.69 Å².